The van der Waals surface area contributed by atoms with E-state index in [-0.39, 0.29) is 5.78 Å². The smallest absolute Gasteiger partial charge is 0.178 e. The van der Waals surface area contributed by atoms with Crippen LogP contribution in [0.15, 0.2) is 18.2 Å². The van der Waals surface area contributed by atoms with Crippen molar-refractivity contribution >= 4 is 29.0 Å². The van der Waals surface area contributed by atoms with Gasteiger partial charge in [0.25, 0.3) is 0 Å². The van der Waals surface area contributed by atoms with E-state index in [1.165, 1.54) is 6.42 Å². The molecule has 104 valence electrons. The average molecular weight is 300 g/mol. The van der Waals surface area contributed by atoms with E-state index in [1.807, 2.05) is 0 Å². The number of nitrogens with zero attached hydrogens (tertiary/aromatic N) is 1. The van der Waals surface area contributed by atoms with Crippen LogP contribution in [0.1, 0.15) is 30.6 Å². The summed E-state index contributed by atoms with van der Waals surface area (Å²) in [5.74, 6) is 1.37. The van der Waals surface area contributed by atoms with Crippen LogP contribution < -0.4 is 0 Å². The molecule has 0 N–H and O–H groups in total. The summed E-state index contributed by atoms with van der Waals surface area (Å²) in [5.41, 5.74) is 0.567. The molecule has 2 atom stereocenters. The van der Waals surface area contributed by atoms with E-state index in [0.717, 1.165) is 13.1 Å². The summed E-state index contributed by atoms with van der Waals surface area (Å²) in [4.78, 5) is 14.5. The Kier molecular flexibility index (Phi) is 4.88. The van der Waals surface area contributed by atoms with Crippen LogP contribution in [0, 0.1) is 11.8 Å². The Balaban J connectivity index is 2.04. The van der Waals surface area contributed by atoms with Crippen molar-refractivity contribution in [1.82, 2.24) is 4.90 Å². The van der Waals surface area contributed by atoms with Crippen molar-refractivity contribution in [3.05, 3.63) is 33.8 Å². The quantitative estimate of drug-likeness (QED) is 0.781. The third-order valence-corrected chi connectivity index (χ3v) is 4.09. The molecule has 1 saturated heterocycles. The molecule has 1 aliphatic heterocycles. The highest BCUT2D eigenvalue weighted by Gasteiger charge is 2.24. The summed E-state index contributed by atoms with van der Waals surface area (Å²) < 4.78 is 0. The molecule has 4 heteroatoms. The number of piperidine rings is 1. The molecule has 1 aromatic rings. The lowest BCUT2D eigenvalue weighted by molar-refractivity contribution is 0.0849. The number of carbonyl (C=O) groups is 1. The zero-order valence-corrected chi connectivity index (χ0v) is 12.8. The van der Waals surface area contributed by atoms with E-state index in [0.29, 0.717) is 34.0 Å². The minimum atomic E-state index is 0.0722. The SMILES string of the molecule is CC1CC(C)CN(CC(=O)c2ccc(Cl)cc2Cl)C1. The van der Waals surface area contributed by atoms with Gasteiger partial charge in [-0.3, -0.25) is 9.69 Å². The number of ketones is 1. The maximum atomic E-state index is 12.3. The first-order chi connectivity index (χ1) is 8.95. The van der Waals surface area contributed by atoms with E-state index < -0.39 is 0 Å². The zero-order chi connectivity index (χ0) is 14.0. The highest BCUT2D eigenvalue weighted by atomic mass is 35.5. The van der Waals surface area contributed by atoms with Gasteiger partial charge in [-0.05, 0) is 36.5 Å². The van der Waals surface area contributed by atoms with Crippen molar-refractivity contribution in [2.24, 2.45) is 11.8 Å². The first-order valence-corrected chi connectivity index (χ1v) is 7.42. The third kappa shape index (κ3) is 3.95. The third-order valence-electron chi connectivity index (χ3n) is 3.54. The average Bonchev–Trinajstić information content (AvgIpc) is 2.26. The standard InChI is InChI=1S/C15H19Cl2NO/c1-10-5-11(2)8-18(7-10)9-15(19)13-4-3-12(16)6-14(13)17/h3-4,6,10-11H,5,7-9H2,1-2H3. The molecule has 0 bridgehead atoms. The van der Waals surface area contributed by atoms with E-state index in [4.69, 9.17) is 23.2 Å². The van der Waals surface area contributed by atoms with Crippen molar-refractivity contribution in [3.8, 4) is 0 Å². The van der Waals surface area contributed by atoms with Crippen molar-refractivity contribution < 1.29 is 4.79 Å². The highest BCUT2D eigenvalue weighted by Crippen LogP contribution is 2.24. The van der Waals surface area contributed by atoms with Gasteiger partial charge in [0.15, 0.2) is 5.78 Å². The van der Waals surface area contributed by atoms with Crippen LogP contribution in [0.4, 0.5) is 0 Å². The molecule has 0 saturated carbocycles. The Morgan fingerprint density at radius 2 is 1.89 bits per heavy atom. The maximum Gasteiger partial charge on any atom is 0.178 e. The second-order valence-electron chi connectivity index (χ2n) is 5.69. The van der Waals surface area contributed by atoms with Gasteiger partial charge in [-0.2, -0.15) is 0 Å². The van der Waals surface area contributed by atoms with Gasteiger partial charge in [0.05, 0.1) is 11.6 Å². The fraction of sp³-hybridized carbons (Fsp3) is 0.533. The number of halogens is 2. The van der Waals surface area contributed by atoms with Crippen LogP contribution in [0.2, 0.25) is 10.0 Å². The normalized spacial score (nSPS) is 24.4. The van der Waals surface area contributed by atoms with Crippen molar-refractivity contribution in [3.63, 3.8) is 0 Å². The van der Waals surface area contributed by atoms with Gasteiger partial charge in [0.2, 0.25) is 0 Å². The lowest BCUT2D eigenvalue weighted by atomic mass is 9.91. The predicted octanol–water partition coefficient (Wildman–Crippen LogP) is 4.15. The predicted molar refractivity (Wildman–Crippen MR) is 80.2 cm³/mol. The molecule has 0 aliphatic carbocycles. The Morgan fingerprint density at radius 1 is 1.26 bits per heavy atom. The second kappa shape index (κ2) is 6.25. The maximum absolute atomic E-state index is 12.3. The van der Waals surface area contributed by atoms with E-state index >= 15 is 0 Å². The van der Waals surface area contributed by atoms with E-state index in [1.54, 1.807) is 18.2 Å². The Bertz CT molecular complexity index is 465. The van der Waals surface area contributed by atoms with Crippen LogP contribution in [0.3, 0.4) is 0 Å². The first kappa shape index (κ1) is 14.8. The lowest BCUT2D eigenvalue weighted by Gasteiger charge is -2.34. The number of likely N-dealkylation sites (tertiary alicyclic amines) is 1. The summed E-state index contributed by atoms with van der Waals surface area (Å²) in [6.07, 6.45) is 1.24. The number of Topliss-reactive ketones (excluding diaryl/α,β-unsaturated/α-hetero) is 1. The van der Waals surface area contributed by atoms with Gasteiger partial charge in [0.1, 0.15) is 0 Å². The molecule has 0 aromatic heterocycles. The Labute approximate surface area is 124 Å². The fourth-order valence-corrected chi connectivity index (χ4v) is 3.44. The minimum absolute atomic E-state index is 0.0722. The van der Waals surface area contributed by atoms with Crippen molar-refractivity contribution in [1.29, 1.82) is 0 Å². The van der Waals surface area contributed by atoms with Crippen LogP contribution in [-0.4, -0.2) is 30.3 Å². The van der Waals surface area contributed by atoms with Gasteiger partial charge >= 0.3 is 0 Å². The summed E-state index contributed by atoms with van der Waals surface area (Å²) in [6, 6.07) is 5.05. The number of hydrogen-bond acceptors (Lipinski definition) is 2. The Morgan fingerprint density at radius 3 is 2.47 bits per heavy atom. The van der Waals surface area contributed by atoms with Gasteiger partial charge in [-0.25, -0.2) is 0 Å². The first-order valence-electron chi connectivity index (χ1n) is 6.66. The molecular formula is C15H19Cl2NO. The molecular weight excluding hydrogens is 281 g/mol. The van der Waals surface area contributed by atoms with Crippen molar-refractivity contribution in [2.45, 2.75) is 20.3 Å². The Hall–Kier alpha value is -0.570. The number of rotatable bonds is 3. The van der Waals surface area contributed by atoms with E-state index in [2.05, 4.69) is 18.7 Å². The molecule has 2 unspecified atom stereocenters. The number of benzene rings is 1. The van der Waals surface area contributed by atoms with Gasteiger partial charge in [0, 0.05) is 23.7 Å². The van der Waals surface area contributed by atoms with Crippen LogP contribution >= 0.6 is 23.2 Å². The minimum Gasteiger partial charge on any atom is -0.295 e. The largest absolute Gasteiger partial charge is 0.295 e. The molecule has 1 aromatic carbocycles. The zero-order valence-electron chi connectivity index (χ0n) is 11.3. The van der Waals surface area contributed by atoms with Crippen molar-refractivity contribution in [2.75, 3.05) is 19.6 Å². The van der Waals surface area contributed by atoms with Crippen LogP contribution in [0.5, 0.6) is 0 Å². The molecule has 0 radical (unpaired) electrons. The van der Waals surface area contributed by atoms with Crippen LogP contribution in [0.25, 0.3) is 0 Å². The summed E-state index contributed by atoms with van der Waals surface area (Å²) in [7, 11) is 0. The molecule has 0 spiro atoms. The summed E-state index contributed by atoms with van der Waals surface area (Å²) in [5, 5.41) is 0.998. The monoisotopic (exact) mass is 299 g/mol. The van der Waals surface area contributed by atoms with Gasteiger partial charge in [-0.15, -0.1) is 0 Å². The molecule has 2 nitrogen and oxygen atoms in total. The number of carbonyl (C=O) groups excluding carboxylic acids is 1. The van der Waals surface area contributed by atoms with E-state index in [9.17, 15) is 4.79 Å². The molecule has 2 rings (SSSR count). The number of hydrogen-bond donors (Lipinski definition) is 0. The summed E-state index contributed by atoms with van der Waals surface area (Å²) in [6.45, 7) is 6.89. The highest BCUT2D eigenvalue weighted by molar-refractivity contribution is 6.36. The lowest BCUT2D eigenvalue weighted by Crippen LogP contribution is -2.41. The van der Waals surface area contributed by atoms with Gasteiger partial charge < -0.3 is 0 Å². The molecule has 1 aliphatic rings. The van der Waals surface area contributed by atoms with Gasteiger partial charge in [-0.1, -0.05) is 37.0 Å². The second-order valence-corrected chi connectivity index (χ2v) is 6.53. The topological polar surface area (TPSA) is 20.3 Å². The molecule has 19 heavy (non-hydrogen) atoms. The van der Waals surface area contributed by atoms with Crippen LogP contribution in [-0.2, 0) is 0 Å². The molecule has 1 heterocycles. The fourth-order valence-electron chi connectivity index (χ4n) is 2.93. The molecule has 0 amide bonds. The molecule has 1 fully saturated rings. The summed E-state index contributed by atoms with van der Waals surface area (Å²) >= 11 is 11.9.